The van der Waals surface area contributed by atoms with Gasteiger partial charge in [-0.25, -0.2) is 0 Å². The standard InChI is InChI=1S/C15H19BrN2O2/c1-3-18(9-14(19)17-2)15(20)13-8-12(13)10-5-4-6-11(16)7-10/h4-7,12-13H,3,8-9H2,1-2H3,(H,17,19)/t12-,13+/m0/s1. The van der Waals surface area contributed by atoms with Crippen molar-refractivity contribution in [1.82, 2.24) is 10.2 Å². The first kappa shape index (κ1) is 15.0. The third-order valence-electron chi connectivity index (χ3n) is 3.69. The molecule has 1 aliphatic carbocycles. The zero-order valence-corrected chi connectivity index (χ0v) is 13.3. The Morgan fingerprint density at radius 1 is 1.45 bits per heavy atom. The molecule has 0 heterocycles. The Labute approximate surface area is 127 Å². The van der Waals surface area contributed by atoms with Gasteiger partial charge >= 0.3 is 0 Å². The van der Waals surface area contributed by atoms with E-state index in [2.05, 4.69) is 33.4 Å². The van der Waals surface area contributed by atoms with Crippen LogP contribution >= 0.6 is 15.9 Å². The quantitative estimate of drug-likeness (QED) is 0.894. The van der Waals surface area contributed by atoms with E-state index in [0.717, 1.165) is 10.9 Å². The van der Waals surface area contributed by atoms with Crippen LogP contribution in [0.4, 0.5) is 0 Å². The summed E-state index contributed by atoms with van der Waals surface area (Å²) in [5, 5.41) is 2.56. The Balaban J connectivity index is 1.99. The number of rotatable bonds is 5. The van der Waals surface area contributed by atoms with Crippen molar-refractivity contribution in [1.29, 1.82) is 0 Å². The van der Waals surface area contributed by atoms with E-state index in [-0.39, 0.29) is 24.3 Å². The number of nitrogens with zero attached hydrogens (tertiary/aromatic N) is 1. The van der Waals surface area contributed by atoms with Crippen LogP contribution in [0.2, 0.25) is 0 Å². The van der Waals surface area contributed by atoms with Gasteiger partial charge in [0.05, 0.1) is 6.54 Å². The van der Waals surface area contributed by atoms with E-state index in [0.29, 0.717) is 12.5 Å². The summed E-state index contributed by atoms with van der Waals surface area (Å²) in [5.41, 5.74) is 1.19. The van der Waals surface area contributed by atoms with E-state index >= 15 is 0 Å². The highest BCUT2D eigenvalue weighted by Gasteiger charge is 2.45. The third kappa shape index (κ3) is 3.39. The Hall–Kier alpha value is -1.36. The molecule has 0 aromatic heterocycles. The van der Waals surface area contributed by atoms with Gasteiger partial charge in [0, 0.05) is 24.0 Å². The molecule has 0 aliphatic heterocycles. The Morgan fingerprint density at radius 2 is 2.20 bits per heavy atom. The van der Waals surface area contributed by atoms with Gasteiger partial charge in [-0.3, -0.25) is 9.59 Å². The number of hydrogen-bond donors (Lipinski definition) is 1. The van der Waals surface area contributed by atoms with Crippen LogP contribution in [0.15, 0.2) is 28.7 Å². The van der Waals surface area contributed by atoms with Crippen LogP contribution in [-0.2, 0) is 9.59 Å². The molecule has 0 bridgehead atoms. The summed E-state index contributed by atoms with van der Waals surface area (Å²) in [6.07, 6.45) is 0.875. The van der Waals surface area contributed by atoms with Gasteiger partial charge in [0.1, 0.15) is 0 Å². The average Bonchev–Trinajstić information content (AvgIpc) is 3.24. The monoisotopic (exact) mass is 338 g/mol. The van der Waals surface area contributed by atoms with Crippen LogP contribution in [0.3, 0.4) is 0 Å². The highest BCUT2D eigenvalue weighted by Crippen LogP contribution is 2.48. The highest BCUT2D eigenvalue weighted by molar-refractivity contribution is 9.10. The first-order valence-corrected chi connectivity index (χ1v) is 7.61. The van der Waals surface area contributed by atoms with Crippen molar-refractivity contribution in [2.75, 3.05) is 20.1 Å². The fraction of sp³-hybridized carbons (Fsp3) is 0.467. The van der Waals surface area contributed by atoms with Crippen LogP contribution in [-0.4, -0.2) is 36.9 Å². The van der Waals surface area contributed by atoms with Crippen molar-refractivity contribution in [3.63, 3.8) is 0 Å². The molecule has 1 aliphatic rings. The first-order valence-electron chi connectivity index (χ1n) is 6.81. The second-order valence-corrected chi connectivity index (χ2v) is 5.94. The van der Waals surface area contributed by atoms with Crippen molar-refractivity contribution in [3.8, 4) is 0 Å². The number of halogens is 1. The molecule has 2 rings (SSSR count). The lowest BCUT2D eigenvalue weighted by Gasteiger charge is -2.20. The van der Waals surface area contributed by atoms with E-state index < -0.39 is 0 Å². The van der Waals surface area contributed by atoms with Crippen LogP contribution in [0.1, 0.15) is 24.8 Å². The van der Waals surface area contributed by atoms with Crippen LogP contribution in [0.25, 0.3) is 0 Å². The minimum Gasteiger partial charge on any atom is -0.358 e. The summed E-state index contributed by atoms with van der Waals surface area (Å²) in [5.74, 6) is 0.272. The van der Waals surface area contributed by atoms with Crippen LogP contribution in [0.5, 0.6) is 0 Å². The second-order valence-electron chi connectivity index (χ2n) is 5.03. The van der Waals surface area contributed by atoms with E-state index in [1.54, 1.807) is 11.9 Å². The van der Waals surface area contributed by atoms with E-state index in [1.165, 1.54) is 5.56 Å². The summed E-state index contributed by atoms with van der Waals surface area (Å²) < 4.78 is 1.03. The molecule has 1 aromatic carbocycles. The van der Waals surface area contributed by atoms with Gasteiger partial charge in [-0.2, -0.15) is 0 Å². The lowest BCUT2D eigenvalue weighted by Crippen LogP contribution is -2.40. The lowest BCUT2D eigenvalue weighted by atomic mass is 10.1. The molecule has 4 nitrogen and oxygen atoms in total. The number of hydrogen-bond acceptors (Lipinski definition) is 2. The van der Waals surface area contributed by atoms with E-state index in [1.807, 2.05) is 19.1 Å². The molecule has 1 saturated carbocycles. The van der Waals surface area contributed by atoms with Crippen molar-refractivity contribution < 1.29 is 9.59 Å². The van der Waals surface area contributed by atoms with Gasteiger partial charge in [0.25, 0.3) is 0 Å². The van der Waals surface area contributed by atoms with Crippen molar-refractivity contribution in [2.24, 2.45) is 5.92 Å². The fourth-order valence-electron chi connectivity index (χ4n) is 2.41. The zero-order chi connectivity index (χ0) is 14.7. The summed E-state index contributed by atoms with van der Waals surface area (Å²) in [7, 11) is 1.59. The number of carbonyl (C=O) groups is 2. The topological polar surface area (TPSA) is 49.4 Å². The van der Waals surface area contributed by atoms with Gasteiger partial charge in [-0.1, -0.05) is 28.1 Å². The minimum atomic E-state index is -0.125. The molecule has 0 unspecified atom stereocenters. The molecule has 0 saturated heterocycles. The zero-order valence-electron chi connectivity index (χ0n) is 11.7. The predicted molar refractivity (Wildman–Crippen MR) is 81.3 cm³/mol. The second kappa shape index (κ2) is 6.39. The van der Waals surface area contributed by atoms with Crippen LogP contribution < -0.4 is 5.32 Å². The van der Waals surface area contributed by atoms with E-state index in [9.17, 15) is 9.59 Å². The maximum absolute atomic E-state index is 12.4. The van der Waals surface area contributed by atoms with Gasteiger partial charge in [-0.15, -0.1) is 0 Å². The largest absolute Gasteiger partial charge is 0.358 e. The average molecular weight is 339 g/mol. The maximum Gasteiger partial charge on any atom is 0.239 e. The fourth-order valence-corrected chi connectivity index (χ4v) is 2.82. The molecule has 2 atom stereocenters. The molecule has 2 amide bonds. The summed E-state index contributed by atoms with van der Waals surface area (Å²) in [6.45, 7) is 2.61. The third-order valence-corrected chi connectivity index (χ3v) is 4.18. The van der Waals surface area contributed by atoms with Crippen molar-refractivity contribution in [3.05, 3.63) is 34.3 Å². The molecule has 0 spiro atoms. The molecular weight excluding hydrogens is 320 g/mol. The van der Waals surface area contributed by atoms with Gasteiger partial charge in [0.15, 0.2) is 0 Å². The number of amides is 2. The first-order chi connectivity index (χ1) is 9.56. The van der Waals surface area contributed by atoms with Crippen molar-refractivity contribution in [2.45, 2.75) is 19.3 Å². The number of benzene rings is 1. The molecule has 20 heavy (non-hydrogen) atoms. The normalized spacial score (nSPS) is 20.4. The Bertz CT molecular complexity index is 518. The summed E-state index contributed by atoms with van der Waals surface area (Å²) >= 11 is 3.45. The SMILES string of the molecule is CCN(CC(=O)NC)C(=O)[C@@H]1C[C@H]1c1cccc(Br)c1. The van der Waals surface area contributed by atoms with E-state index in [4.69, 9.17) is 0 Å². The smallest absolute Gasteiger partial charge is 0.239 e. The van der Waals surface area contributed by atoms with Crippen LogP contribution in [0, 0.1) is 5.92 Å². The molecule has 108 valence electrons. The molecule has 5 heteroatoms. The molecule has 1 aromatic rings. The predicted octanol–water partition coefficient (Wildman–Crippen LogP) is 2.15. The maximum atomic E-state index is 12.4. The highest BCUT2D eigenvalue weighted by atomic mass is 79.9. The number of carbonyl (C=O) groups excluding carboxylic acids is 2. The van der Waals surface area contributed by atoms with Gasteiger partial charge in [0.2, 0.25) is 11.8 Å². The Kier molecular flexibility index (Phi) is 4.81. The number of likely N-dealkylation sites (N-methyl/N-ethyl adjacent to an activating group) is 2. The molecule has 1 N–H and O–H groups in total. The molecule has 0 radical (unpaired) electrons. The Morgan fingerprint density at radius 3 is 2.80 bits per heavy atom. The summed E-state index contributed by atoms with van der Waals surface area (Å²) in [4.78, 5) is 25.4. The molecule has 1 fully saturated rings. The molecular formula is C15H19BrN2O2. The minimum absolute atomic E-state index is 0.0221. The summed E-state index contributed by atoms with van der Waals surface area (Å²) in [6, 6.07) is 8.08. The van der Waals surface area contributed by atoms with Crippen molar-refractivity contribution >= 4 is 27.7 Å². The number of nitrogens with one attached hydrogen (secondary N) is 1. The van der Waals surface area contributed by atoms with Gasteiger partial charge < -0.3 is 10.2 Å². The van der Waals surface area contributed by atoms with Gasteiger partial charge in [-0.05, 0) is 37.0 Å². The lowest BCUT2D eigenvalue weighted by molar-refractivity contribution is -0.136.